The molecule has 2 aromatic carbocycles. The summed E-state index contributed by atoms with van der Waals surface area (Å²) >= 11 is 0. The number of hydrogen-bond acceptors (Lipinski definition) is 3. The summed E-state index contributed by atoms with van der Waals surface area (Å²) in [7, 11) is 8.32. The van der Waals surface area contributed by atoms with Crippen LogP contribution in [0, 0.1) is 0 Å². The summed E-state index contributed by atoms with van der Waals surface area (Å²) in [5.74, 6) is 1.01. The van der Waals surface area contributed by atoms with Crippen LogP contribution in [0.2, 0.25) is 0 Å². The summed E-state index contributed by atoms with van der Waals surface area (Å²) < 4.78 is 5.75. The molecule has 2 aliphatic rings. The minimum absolute atomic E-state index is 0.0838. The molecule has 0 radical (unpaired) electrons. The van der Waals surface area contributed by atoms with Crippen LogP contribution in [0.1, 0.15) is 24.0 Å². The van der Waals surface area contributed by atoms with Crippen molar-refractivity contribution >= 4 is 11.4 Å². The van der Waals surface area contributed by atoms with Crippen LogP contribution >= 0.6 is 0 Å². The quantitative estimate of drug-likeness (QED) is 0.729. The first-order valence-corrected chi connectivity index (χ1v) is 9.78. The molecule has 3 nitrogen and oxygen atoms in total. The van der Waals surface area contributed by atoms with Crippen LogP contribution in [0.15, 0.2) is 84.4 Å². The van der Waals surface area contributed by atoms with Gasteiger partial charge in [-0.15, -0.1) is 0 Å². The molecule has 3 heteroatoms. The number of hydrogen-bond donors (Lipinski definition) is 0. The summed E-state index contributed by atoms with van der Waals surface area (Å²) in [5, 5.41) is 0. The molecule has 0 aromatic heterocycles. The molecule has 2 aromatic rings. The molecule has 0 N–H and O–H groups in total. The van der Waals surface area contributed by atoms with Crippen LogP contribution in [-0.4, -0.2) is 28.2 Å². The van der Waals surface area contributed by atoms with E-state index in [9.17, 15) is 0 Å². The lowest BCUT2D eigenvalue weighted by Crippen LogP contribution is -2.31. The van der Waals surface area contributed by atoms with Gasteiger partial charge in [0.05, 0.1) is 6.26 Å². The molecular weight excluding hydrogens is 344 g/mol. The number of ether oxygens (including phenoxy) is 1. The van der Waals surface area contributed by atoms with Gasteiger partial charge >= 0.3 is 0 Å². The number of anilines is 2. The highest BCUT2D eigenvalue weighted by Gasteiger charge is 2.38. The zero-order valence-corrected chi connectivity index (χ0v) is 17.1. The van der Waals surface area contributed by atoms with Gasteiger partial charge in [-0.1, -0.05) is 30.3 Å². The van der Waals surface area contributed by atoms with Gasteiger partial charge in [0, 0.05) is 45.0 Å². The number of rotatable bonds is 4. The number of allylic oxidation sites excluding steroid dienone is 4. The zero-order valence-electron chi connectivity index (χ0n) is 17.1. The SMILES string of the molecule is CN(C)c1ccc(C2(c3ccc(N(C)C)cc3)CC=C3OC=CC=C3C2)cc1. The maximum Gasteiger partial charge on any atom is 0.125 e. The second-order valence-electron chi connectivity index (χ2n) is 8.05. The summed E-state index contributed by atoms with van der Waals surface area (Å²) in [5.41, 5.74) is 6.32. The third-order valence-electron chi connectivity index (χ3n) is 5.89. The van der Waals surface area contributed by atoms with Gasteiger partial charge in [0.15, 0.2) is 0 Å². The summed E-state index contributed by atoms with van der Waals surface area (Å²) in [6.45, 7) is 0. The van der Waals surface area contributed by atoms with E-state index in [1.165, 1.54) is 28.1 Å². The molecule has 0 amide bonds. The van der Waals surface area contributed by atoms with E-state index in [2.05, 4.69) is 98.7 Å². The van der Waals surface area contributed by atoms with Crippen LogP contribution < -0.4 is 9.80 Å². The normalized spacial score (nSPS) is 17.1. The van der Waals surface area contributed by atoms with Gasteiger partial charge in [-0.05, 0) is 66.0 Å². The minimum Gasteiger partial charge on any atom is -0.465 e. The van der Waals surface area contributed by atoms with Gasteiger partial charge < -0.3 is 14.5 Å². The summed E-state index contributed by atoms with van der Waals surface area (Å²) in [4.78, 5) is 4.28. The van der Waals surface area contributed by atoms with Crippen molar-refractivity contribution in [2.45, 2.75) is 18.3 Å². The number of fused-ring (bicyclic) bond motifs is 1. The van der Waals surface area contributed by atoms with E-state index < -0.39 is 0 Å². The van der Waals surface area contributed by atoms with E-state index in [1.54, 1.807) is 6.26 Å². The standard InChI is InChI=1S/C25H28N2O/c1-26(2)22-11-7-20(8-12-22)25(21-9-13-23(14-10-21)27(3)4)16-15-24-19(18-25)6-5-17-28-24/h5-15,17H,16,18H2,1-4H3. The zero-order chi connectivity index (χ0) is 19.7. The molecule has 0 fully saturated rings. The van der Waals surface area contributed by atoms with Crippen LogP contribution in [0.4, 0.5) is 11.4 Å². The molecule has 144 valence electrons. The molecule has 0 bridgehead atoms. The van der Waals surface area contributed by atoms with Gasteiger partial charge in [-0.25, -0.2) is 0 Å². The first-order valence-electron chi connectivity index (χ1n) is 9.78. The molecule has 0 saturated carbocycles. The average Bonchev–Trinajstić information content (AvgIpc) is 2.73. The van der Waals surface area contributed by atoms with E-state index in [0.29, 0.717) is 0 Å². The lowest BCUT2D eigenvalue weighted by Gasteiger charge is -2.39. The molecule has 1 aliphatic carbocycles. The van der Waals surface area contributed by atoms with Crippen molar-refractivity contribution < 1.29 is 4.74 Å². The Labute approximate surface area is 168 Å². The first kappa shape index (κ1) is 18.4. The van der Waals surface area contributed by atoms with Crippen molar-refractivity contribution in [2.75, 3.05) is 38.0 Å². The van der Waals surface area contributed by atoms with Gasteiger partial charge in [-0.3, -0.25) is 0 Å². The monoisotopic (exact) mass is 372 g/mol. The fraction of sp³-hybridized carbons (Fsp3) is 0.280. The highest BCUT2D eigenvalue weighted by atomic mass is 16.5. The molecule has 4 rings (SSSR count). The summed E-state index contributed by atoms with van der Waals surface area (Å²) in [6.07, 6.45) is 10.1. The number of nitrogens with zero attached hydrogens (tertiary/aromatic N) is 2. The first-order chi connectivity index (χ1) is 13.5. The van der Waals surface area contributed by atoms with Gasteiger partial charge in [-0.2, -0.15) is 0 Å². The minimum atomic E-state index is -0.0838. The van der Waals surface area contributed by atoms with Crippen molar-refractivity contribution in [2.24, 2.45) is 0 Å². The molecular formula is C25H28N2O. The van der Waals surface area contributed by atoms with Crippen LogP contribution in [0.25, 0.3) is 0 Å². The third kappa shape index (κ3) is 3.22. The van der Waals surface area contributed by atoms with E-state index in [0.717, 1.165) is 18.6 Å². The van der Waals surface area contributed by atoms with Crippen LogP contribution in [0.5, 0.6) is 0 Å². The van der Waals surface area contributed by atoms with Crippen molar-refractivity contribution in [3.63, 3.8) is 0 Å². The van der Waals surface area contributed by atoms with Crippen LogP contribution in [-0.2, 0) is 10.2 Å². The molecule has 0 spiro atoms. The number of benzene rings is 2. The molecule has 0 atom stereocenters. The lowest BCUT2D eigenvalue weighted by atomic mass is 9.65. The maximum absolute atomic E-state index is 5.75. The smallest absolute Gasteiger partial charge is 0.125 e. The predicted octanol–water partition coefficient (Wildman–Crippen LogP) is 5.25. The van der Waals surface area contributed by atoms with Crippen molar-refractivity contribution in [3.8, 4) is 0 Å². The maximum atomic E-state index is 5.75. The van der Waals surface area contributed by atoms with Gasteiger partial charge in [0.1, 0.15) is 5.76 Å². The Bertz CT molecular complexity index is 880. The van der Waals surface area contributed by atoms with E-state index >= 15 is 0 Å². The molecule has 0 saturated heterocycles. The molecule has 0 unspecified atom stereocenters. The van der Waals surface area contributed by atoms with Crippen molar-refractivity contribution in [1.29, 1.82) is 0 Å². The van der Waals surface area contributed by atoms with Crippen molar-refractivity contribution in [3.05, 3.63) is 95.5 Å². The van der Waals surface area contributed by atoms with Crippen LogP contribution in [0.3, 0.4) is 0 Å². The fourth-order valence-corrected chi connectivity index (χ4v) is 4.18. The topological polar surface area (TPSA) is 15.7 Å². The second kappa shape index (κ2) is 7.23. The third-order valence-corrected chi connectivity index (χ3v) is 5.89. The Morgan fingerprint density at radius 2 is 1.32 bits per heavy atom. The Kier molecular flexibility index (Phi) is 4.76. The highest BCUT2D eigenvalue weighted by Crippen LogP contribution is 2.47. The Balaban J connectivity index is 1.82. The summed E-state index contributed by atoms with van der Waals surface area (Å²) in [6, 6.07) is 18.0. The van der Waals surface area contributed by atoms with E-state index in [1.807, 2.05) is 6.08 Å². The Morgan fingerprint density at radius 1 is 0.786 bits per heavy atom. The van der Waals surface area contributed by atoms with E-state index in [-0.39, 0.29) is 5.41 Å². The van der Waals surface area contributed by atoms with Gasteiger partial charge in [0.2, 0.25) is 0 Å². The largest absolute Gasteiger partial charge is 0.465 e. The van der Waals surface area contributed by atoms with E-state index in [4.69, 9.17) is 4.74 Å². The Morgan fingerprint density at radius 3 is 1.82 bits per heavy atom. The average molecular weight is 373 g/mol. The molecule has 28 heavy (non-hydrogen) atoms. The predicted molar refractivity (Wildman–Crippen MR) is 118 cm³/mol. The fourth-order valence-electron chi connectivity index (χ4n) is 4.18. The molecule has 1 heterocycles. The Hall–Kier alpha value is -2.94. The highest BCUT2D eigenvalue weighted by molar-refractivity contribution is 5.55. The van der Waals surface area contributed by atoms with Crippen molar-refractivity contribution in [1.82, 2.24) is 0 Å². The lowest BCUT2D eigenvalue weighted by molar-refractivity contribution is 0.329. The second-order valence-corrected chi connectivity index (χ2v) is 8.05. The molecule has 1 aliphatic heterocycles. The van der Waals surface area contributed by atoms with Gasteiger partial charge in [0.25, 0.3) is 0 Å².